The van der Waals surface area contributed by atoms with E-state index in [4.69, 9.17) is 24.4 Å². The van der Waals surface area contributed by atoms with Crippen molar-refractivity contribution in [3.63, 3.8) is 0 Å². The highest BCUT2D eigenvalue weighted by molar-refractivity contribution is 6.18. The van der Waals surface area contributed by atoms with Crippen LogP contribution in [0, 0.1) is 0 Å². The molecule has 6 aromatic carbocycles. The Hall–Kier alpha value is -7.70. The second-order valence-electron chi connectivity index (χ2n) is 14.0. The summed E-state index contributed by atoms with van der Waals surface area (Å²) in [5.41, 5.74) is 11.3. The third-order valence-electron chi connectivity index (χ3n) is 10.4. The van der Waals surface area contributed by atoms with Gasteiger partial charge in [0.15, 0.2) is 17.5 Å². The maximum absolute atomic E-state index is 6.57. The predicted molar refractivity (Wildman–Crippen MR) is 234 cm³/mol. The quantitative estimate of drug-likeness (QED) is 0.145. The van der Waals surface area contributed by atoms with Gasteiger partial charge >= 0.3 is 0 Å². The zero-order chi connectivity index (χ0) is 38.3. The number of hydrogen-bond donors (Lipinski definition) is 0. The summed E-state index contributed by atoms with van der Waals surface area (Å²) in [6, 6.07) is 51.8. The molecule has 0 fully saturated rings. The van der Waals surface area contributed by atoms with Crippen LogP contribution in [0.25, 0.3) is 106 Å². The van der Waals surface area contributed by atoms with E-state index < -0.39 is 0 Å². The van der Waals surface area contributed by atoms with E-state index in [1.165, 1.54) is 5.39 Å². The SMILES string of the molecule is C=C/C=C\C=C(/C)n1c2ccccc2c2cc3oc4ccc(-c5ncc(-c6ccccc6)cc5-c5nc(-c6ccccc6)nc(-c6ccccc6)n5)cc4c3cc21. The smallest absolute Gasteiger partial charge is 0.166 e. The van der Waals surface area contributed by atoms with Crippen LogP contribution in [0.3, 0.4) is 0 Å². The van der Waals surface area contributed by atoms with Gasteiger partial charge in [0, 0.05) is 61.3 Å². The average molecular weight is 734 g/mol. The lowest BCUT2D eigenvalue weighted by Gasteiger charge is -2.13. The molecule has 0 aliphatic carbocycles. The van der Waals surface area contributed by atoms with Crippen molar-refractivity contribution in [1.82, 2.24) is 24.5 Å². The Morgan fingerprint density at radius 1 is 0.526 bits per heavy atom. The molecule has 10 rings (SSSR count). The first-order chi connectivity index (χ1) is 28.1. The zero-order valence-corrected chi connectivity index (χ0v) is 31.2. The third kappa shape index (κ3) is 6.10. The molecule has 0 spiro atoms. The largest absolute Gasteiger partial charge is 0.456 e. The summed E-state index contributed by atoms with van der Waals surface area (Å²) in [4.78, 5) is 20.4. The van der Waals surface area contributed by atoms with Gasteiger partial charge in [-0.15, -0.1) is 0 Å². The van der Waals surface area contributed by atoms with E-state index in [2.05, 4.69) is 90.9 Å². The number of nitrogens with zero attached hydrogens (tertiary/aromatic N) is 5. The summed E-state index contributed by atoms with van der Waals surface area (Å²) in [6.07, 6.45) is 9.80. The van der Waals surface area contributed by atoms with Crippen molar-refractivity contribution in [2.75, 3.05) is 0 Å². The average Bonchev–Trinajstić information content (AvgIpc) is 3.80. The van der Waals surface area contributed by atoms with Crippen molar-refractivity contribution in [3.8, 4) is 56.5 Å². The van der Waals surface area contributed by atoms with Gasteiger partial charge < -0.3 is 8.98 Å². The molecule has 57 heavy (non-hydrogen) atoms. The van der Waals surface area contributed by atoms with Crippen LogP contribution in [-0.4, -0.2) is 24.5 Å². The number of pyridine rings is 1. The molecule has 4 aromatic heterocycles. The fourth-order valence-electron chi connectivity index (χ4n) is 7.70. The number of hydrogen-bond acceptors (Lipinski definition) is 5. The van der Waals surface area contributed by atoms with E-state index in [0.29, 0.717) is 17.5 Å². The van der Waals surface area contributed by atoms with Crippen LogP contribution in [0.5, 0.6) is 0 Å². The van der Waals surface area contributed by atoms with Crippen molar-refractivity contribution >= 4 is 49.4 Å². The van der Waals surface area contributed by atoms with Gasteiger partial charge in [-0.05, 0) is 61.0 Å². The Morgan fingerprint density at radius 3 is 1.86 bits per heavy atom. The van der Waals surface area contributed by atoms with Gasteiger partial charge in [0.25, 0.3) is 0 Å². The van der Waals surface area contributed by atoms with Crippen LogP contribution in [0.1, 0.15) is 6.92 Å². The van der Waals surface area contributed by atoms with Gasteiger partial charge in [-0.3, -0.25) is 4.98 Å². The molecule has 0 saturated carbocycles. The first kappa shape index (κ1) is 33.8. The molecule has 0 atom stereocenters. The van der Waals surface area contributed by atoms with Gasteiger partial charge in [0.2, 0.25) is 0 Å². The van der Waals surface area contributed by atoms with Crippen molar-refractivity contribution < 1.29 is 4.42 Å². The van der Waals surface area contributed by atoms with Gasteiger partial charge in [0.1, 0.15) is 11.2 Å². The van der Waals surface area contributed by atoms with Crippen LogP contribution in [0.15, 0.2) is 193 Å². The summed E-state index contributed by atoms with van der Waals surface area (Å²) in [6.45, 7) is 5.97. The summed E-state index contributed by atoms with van der Waals surface area (Å²) >= 11 is 0. The molecule has 0 radical (unpaired) electrons. The topological polar surface area (TPSA) is 69.6 Å². The minimum atomic E-state index is 0.541. The standard InChI is InChI=1S/C51H35N5O/c1-3-4-8-17-33(2)56-44-25-16-15-24-39(44)40-31-47-42(30-45(40)56)41-28-37(26-27-46(41)57-47)48-43(29-38(32-52-48)34-18-9-5-10-19-34)51-54-49(35-20-11-6-12-21-35)53-50(55-51)36-22-13-7-14-23-36/h3-32H,1H2,2H3/b8-4-,33-17+. The number of benzene rings is 6. The Morgan fingerprint density at radius 2 is 1.16 bits per heavy atom. The molecule has 0 unspecified atom stereocenters. The van der Waals surface area contributed by atoms with Crippen LogP contribution in [0.4, 0.5) is 0 Å². The minimum absolute atomic E-state index is 0.541. The lowest BCUT2D eigenvalue weighted by Crippen LogP contribution is -2.02. The molecule has 4 heterocycles. The normalized spacial score (nSPS) is 12.1. The summed E-state index contributed by atoms with van der Waals surface area (Å²) < 4.78 is 8.89. The Labute approximate surface area is 329 Å². The van der Waals surface area contributed by atoms with E-state index in [9.17, 15) is 0 Å². The lowest BCUT2D eigenvalue weighted by atomic mass is 9.98. The predicted octanol–water partition coefficient (Wildman–Crippen LogP) is 13.2. The molecule has 6 heteroatoms. The Bertz CT molecular complexity index is 3140. The summed E-state index contributed by atoms with van der Waals surface area (Å²) in [7, 11) is 0. The molecule has 0 aliphatic heterocycles. The van der Waals surface area contributed by atoms with Crippen molar-refractivity contribution in [2.45, 2.75) is 6.92 Å². The fourth-order valence-corrected chi connectivity index (χ4v) is 7.70. The highest BCUT2D eigenvalue weighted by Crippen LogP contribution is 2.41. The van der Waals surface area contributed by atoms with Crippen LogP contribution >= 0.6 is 0 Å². The van der Waals surface area contributed by atoms with Crippen LogP contribution in [0.2, 0.25) is 0 Å². The Balaban J connectivity index is 1.20. The molecular formula is C51H35N5O. The number of fused-ring (bicyclic) bond motifs is 6. The number of furan rings is 1. The summed E-state index contributed by atoms with van der Waals surface area (Å²) in [5, 5.41) is 4.33. The van der Waals surface area contributed by atoms with E-state index >= 15 is 0 Å². The fraction of sp³-hybridized carbons (Fsp3) is 0.0196. The first-order valence-corrected chi connectivity index (χ1v) is 18.9. The number of rotatable bonds is 8. The lowest BCUT2D eigenvalue weighted by molar-refractivity contribution is 0.669. The number of para-hydroxylation sites is 1. The molecular weight excluding hydrogens is 699 g/mol. The maximum Gasteiger partial charge on any atom is 0.166 e. The third-order valence-corrected chi connectivity index (χ3v) is 10.4. The zero-order valence-electron chi connectivity index (χ0n) is 31.2. The molecule has 0 N–H and O–H groups in total. The highest BCUT2D eigenvalue weighted by atomic mass is 16.3. The second-order valence-corrected chi connectivity index (χ2v) is 14.0. The van der Waals surface area contributed by atoms with E-state index in [1.54, 1.807) is 6.08 Å². The highest BCUT2D eigenvalue weighted by Gasteiger charge is 2.21. The number of aromatic nitrogens is 5. The van der Waals surface area contributed by atoms with Gasteiger partial charge in [-0.1, -0.05) is 134 Å². The molecule has 6 nitrogen and oxygen atoms in total. The molecule has 0 saturated heterocycles. The Kier molecular flexibility index (Phi) is 8.42. The monoisotopic (exact) mass is 733 g/mol. The van der Waals surface area contributed by atoms with Crippen molar-refractivity contribution in [2.24, 2.45) is 0 Å². The maximum atomic E-state index is 6.57. The van der Waals surface area contributed by atoms with Crippen LogP contribution < -0.4 is 0 Å². The number of allylic oxidation sites excluding steroid dienone is 5. The summed E-state index contributed by atoms with van der Waals surface area (Å²) in [5.74, 6) is 1.73. The van der Waals surface area contributed by atoms with Gasteiger partial charge in [-0.25, -0.2) is 15.0 Å². The molecule has 0 bridgehead atoms. The minimum Gasteiger partial charge on any atom is -0.456 e. The van der Waals surface area contributed by atoms with E-state index in [-0.39, 0.29) is 0 Å². The van der Waals surface area contributed by atoms with Crippen molar-refractivity contribution in [3.05, 3.63) is 189 Å². The van der Waals surface area contributed by atoms with Gasteiger partial charge in [0.05, 0.1) is 16.7 Å². The van der Waals surface area contributed by atoms with E-state index in [1.807, 2.05) is 103 Å². The van der Waals surface area contributed by atoms with Crippen molar-refractivity contribution in [1.29, 1.82) is 0 Å². The van der Waals surface area contributed by atoms with E-state index in [0.717, 1.165) is 83.1 Å². The van der Waals surface area contributed by atoms with Gasteiger partial charge in [-0.2, -0.15) is 0 Å². The second kappa shape index (κ2) is 14.2. The molecule has 270 valence electrons. The molecule has 0 amide bonds. The van der Waals surface area contributed by atoms with Crippen LogP contribution in [-0.2, 0) is 0 Å². The molecule has 10 aromatic rings. The first-order valence-electron chi connectivity index (χ1n) is 18.9. The molecule has 0 aliphatic rings.